The lowest BCUT2D eigenvalue weighted by molar-refractivity contribution is -0.132. The van der Waals surface area contributed by atoms with E-state index in [9.17, 15) is 18.4 Å². The van der Waals surface area contributed by atoms with E-state index < -0.39 is 30.8 Å². The number of nitrogens with zero attached hydrogens (tertiary/aromatic N) is 3. The Morgan fingerprint density at radius 3 is 2.67 bits per heavy atom. The minimum atomic E-state index is -3.06. The number of carbonyl (C=O) groups is 2. The summed E-state index contributed by atoms with van der Waals surface area (Å²) in [5.41, 5.74) is 2.62. The van der Waals surface area contributed by atoms with Crippen LogP contribution in [0.15, 0.2) is 48.8 Å². The highest BCUT2D eigenvalue weighted by Crippen LogP contribution is 2.55. The number of benzene rings is 1. The Morgan fingerprint density at radius 1 is 1.17 bits per heavy atom. The molecule has 1 aromatic carbocycles. The molecule has 1 aliphatic heterocycles. The Balaban J connectivity index is 1.42. The molecule has 30 heavy (non-hydrogen) atoms. The summed E-state index contributed by atoms with van der Waals surface area (Å²) in [6.07, 6.45) is 3.25. The van der Waals surface area contributed by atoms with Crippen LogP contribution in [0, 0.1) is 11.3 Å². The number of ketones is 1. The van der Waals surface area contributed by atoms with Gasteiger partial charge in [-0.05, 0) is 35.4 Å². The number of nitriles is 1. The fraction of sp³-hybridized carbons (Fsp3) is 0.391. The number of Topliss-reactive ketones (excluding diaryl/α,β-unsaturated/α-hetero) is 1. The first-order valence-corrected chi connectivity index (χ1v) is 9.98. The maximum atomic E-state index is 13.6. The normalized spacial score (nSPS) is 24.3. The zero-order valence-corrected chi connectivity index (χ0v) is 16.3. The van der Waals surface area contributed by atoms with Gasteiger partial charge in [0.1, 0.15) is 6.04 Å². The third-order valence-electron chi connectivity index (χ3n) is 5.88. The summed E-state index contributed by atoms with van der Waals surface area (Å²) in [4.78, 5) is 30.3. The number of rotatable bonds is 6. The van der Waals surface area contributed by atoms with Crippen LogP contribution in [0.1, 0.15) is 59.0 Å². The van der Waals surface area contributed by atoms with Crippen molar-refractivity contribution < 1.29 is 18.4 Å². The van der Waals surface area contributed by atoms with Crippen molar-refractivity contribution in [3.8, 4) is 6.07 Å². The molecule has 2 aromatic rings. The molecule has 154 valence electrons. The summed E-state index contributed by atoms with van der Waals surface area (Å²) in [6, 6.07) is 12.3. The van der Waals surface area contributed by atoms with Gasteiger partial charge in [0.05, 0.1) is 12.6 Å². The molecule has 2 aliphatic rings. The molecule has 5 nitrogen and oxygen atoms in total. The summed E-state index contributed by atoms with van der Waals surface area (Å²) in [7, 11) is 0. The van der Waals surface area contributed by atoms with Gasteiger partial charge < -0.3 is 4.90 Å². The molecule has 0 N–H and O–H groups in total. The van der Waals surface area contributed by atoms with Crippen LogP contribution in [-0.4, -0.2) is 40.1 Å². The minimum absolute atomic E-state index is 0.0845. The zero-order chi connectivity index (χ0) is 21.3. The zero-order valence-electron chi connectivity index (χ0n) is 16.3. The van der Waals surface area contributed by atoms with Crippen molar-refractivity contribution in [3.63, 3.8) is 0 Å². The molecule has 7 heteroatoms. The van der Waals surface area contributed by atoms with Gasteiger partial charge >= 0.3 is 0 Å². The highest BCUT2D eigenvalue weighted by molar-refractivity contribution is 5.99. The van der Waals surface area contributed by atoms with E-state index >= 15 is 0 Å². The summed E-state index contributed by atoms with van der Waals surface area (Å²) in [5, 5.41) is 9.05. The van der Waals surface area contributed by atoms with Crippen molar-refractivity contribution in [2.24, 2.45) is 0 Å². The largest absolute Gasteiger partial charge is 0.320 e. The van der Waals surface area contributed by atoms with E-state index in [1.165, 1.54) is 5.56 Å². The van der Waals surface area contributed by atoms with Gasteiger partial charge in [-0.2, -0.15) is 5.26 Å². The number of hydrogen-bond acceptors (Lipinski definition) is 4. The summed E-state index contributed by atoms with van der Waals surface area (Å²) >= 11 is 0. The molecular weight excluding hydrogens is 388 g/mol. The summed E-state index contributed by atoms with van der Waals surface area (Å²) < 4.78 is 27.1. The number of hydrogen-bond donors (Lipinski definition) is 0. The second-order valence-corrected chi connectivity index (χ2v) is 7.97. The number of likely N-dealkylation sites (tertiary alicyclic amines) is 1. The maximum Gasteiger partial charge on any atom is 0.268 e. The Kier molecular flexibility index (Phi) is 5.33. The van der Waals surface area contributed by atoms with Crippen LogP contribution in [0.3, 0.4) is 0 Å². The van der Waals surface area contributed by atoms with Gasteiger partial charge in [-0.1, -0.05) is 30.3 Å². The number of aromatic nitrogens is 1. The lowest BCUT2D eigenvalue weighted by Crippen LogP contribution is -2.36. The number of amides is 1. The van der Waals surface area contributed by atoms with Crippen LogP contribution in [0.25, 0.3) is 0 Å². The number of alkyl halides is 2. The first kappa shape index (κ1) is 20.1. The lowest BCUT2D eigenvalue weighted by atomic mass is 9.97. The van der Waals surface area contributed by atoms with Crippen LogP contribution in [-0.2, 0) is 4.79 Å². The van der Waals surface area contributed by atoms with Gasteiger partial charge in [-0.15, -0.1) is 0 Å². The smallest absolute Gasteiger partial charge is 0.268 e. The number of halogens is 2. The highest BCUT2D eigenvalue weighted by atomic mass is 19.3. The quantitative estimate of drug-likeness (QED) is 0.674. The van der Waals surface area contributed by atoms with Crippen molar-refractivity contribution in [2.75, 3.05) is 6.54 Å². The third-order valence-corrected chi connectivity index (χ3v) is 5.88. The topological polar surface area (TPSA) is 74.1 Å². The van der Waals surface area contributed by atoms with Gasteiger partial charge in [0, 0.05) is 37.2 Å². The first-order chi connectivity index (χ1) is 14.4. The van der Waals surface area contributed by atoms with E-state index in [4.69, 9.17) is 5.26 Å². The van der Waals surface area contributed by atoms with Gasteiger partial charge in [0.2, 0.25) is 5.91 Å². The lowest BCUT2D eigenvalue weighted by Gasteiger charge is -2.19. The fourth-order valence-corrected chi connectivity index (χ4v) is 4.26. The molecule has 0 bridgehead atoms. The summed E-state index contributed by atoms with van der Waals surface area (Å²) in [6.45, 7) is -0.764. The maximum absolute atomic E-state index is 13.6. The molecule has 0 spiro atoms. The molecule has 1 aromatic heterocycles. The molecule has 1 saturated heterocycles. The molecule has 3 atom stereocenters. The van der Waals surface area contributed by atoms with E-state index in [0.29, 0.717) is 11.5 Å². The van der Waals surface area contributed by atoms with Crippen molar-refractivity contribution >= 4 is 11.7 Å². The van der Waals surface area contributed by atoms with E-state index in [1.807, 2.05) is 18.2 Å². The molecule has 0 radical (unpaired) electrons. The van der Waals surface area contributed by atoms with E-state index in [0.717, 1.165) is 16.9 Å². The fourth-order valence-electron chi connectivity index (χ4n) is 4.26. The van der Waals surface area contributed by atoms with Crippen LogP contribution in [0.5, 0.6) is 0 Å². The third kappa shape index (κ3) is 4.09. The Bertz CT molecular complexity index is 1000. The van der Waals surface area contributed by atoms with Crippen molar-refractivity contribution in [1.82, 2.24) is 9.88 Å². The molecule has 2 heterocycles. The standard InChI is InChI=1S/C23H21F2N3O2/c24-23(25)11-16(12-26)28(14-23)22(30)7-6-21(29)17-8-9-27-13-20(17)19-10-18(19)15-4-2-1-3-5-15/h1-5,8-9,13,16,18-19H,6-7,10-11,14H2/t16-,18?,19?/m0/s1. The number of pyridine rings is 1. The van der Waals surface area contributed by atoms with E-state index in [2.05, 4.69) is 17.1 Å². The average Bonchev–Trinajstić information content (AvgIpc) is 3.49. The molecule has 1 aliphatic carbocycles. The van der Waals surface area contributed by atoms with Crippen molar-refractivity contribution in [1.29, 1.82) is 5.26 Å². The van der Waals surface area contributed by atoms with E-state index in [1.54, 1.807) is 24.5 Å². The highest BCUT2D eigenvalue weighted by Gasteiger charge is 2.47. The van der Waals surface area contributed by atoms with E-state index in [-0.39, 0.29) is 24.5 Å². The van der Waals surface area contributed by atoms with Gasteiger partial charge in [-0.3, -0.25) is 14.6 Å². The van der Waals surface area contributed by atoms with Gasteiger partial charge in [-0.25, -0.2) is 8.78 Å². The van der Waals surface area contributed by atoms with Crippen molar-refractivity contribution in [3.05, 3.63) is 65.5 Å². The predicted octanol–water partition coefficient (Wildman–Crippen LogP) is 4.08. The monoisotopic (exact) mass is 409 g/mol. The molecule has 2 unspecified atom stereocenters. The molecule has 2 fully saturated rings. The minimum Gasteiger partial charge on any atom is -0.320 e. The average molecular weight is 409 g/mol. The second-order valence-electron chi connectivity index (χ2n) is 7.97. The Labute approximate surface area is 173 Å². The predicted molar refractivity (Wildman–Crippen MR) is 105 cm³/mol. The molecule has 1 saturated carbocycles. The SMILES string of the molecule is N#C[C@@H]1CC(F)(F)CN1C(=O)CCC(=O)c1ccncc1C1CC1c1ccccc1. The second kappa shape index (κ2) is 7.94. The van der Waals surface area contributed by atoms with Crippen LogP contribution >= 0.6 is 0 Å². The Hall–Kier alpha value is -3.14. The van der Waals surface area contributed by atoms with Crippen LogP contribution in [0.4, 0.5) is 8.78 Å². The van der Waals surface area contributed by atoms with Gasteiger partial charge in [0.15, 0.2) is 5.78 Å². The van der Waals surface area contributed by atoms with Crippen molar-refractivity contribution in [2.45, 2.75) is 49.5 Å². The van der Waals surface area contributed by atoms with Gasteiger partial charge in [0.25, 0.3) is 5.92 Å². The molecular formula is C23H21F2N3O2. The number of carbonyl (C=O) groups excluding carboxylic acids is 2. The van der Waals surface area contributed by atoms with Crippen LogP contribution < -0.4 is 0 Å². The molecule has 1 amide bonds. The summed E-state index contributed by atoms with van der Waals surface area (Å²) in [5.74, 6) is -3.31. The molecule has 4 rings (SSSR count). The van der Waals surface area contributed by atoms with Crippen LogP contribution in [0.2, 0.25) is 0 Å². The Morgan fingerprint density at radius 2 is 1.93 bits per heavy atom. The first-order valence-electron chi connectivity index (χ1n) is 9.98.